The van der Waals surface area contributed by atoms with Crippen molar-refractivity contribution in [3.05, 3.63) is 29.9 Å². The van der Waals surface area contributed by atoms with Crippen molar-refractivity contribution in [3.63, 3.8) is 0 Å². The van der Waals surface area contributed by atoms with Crippen molar-refractivity contribution in [2.45, 2.75) is 65.7 Å². The average molecular weight is 302 g/mol. The second-order valence-corrected chi connectivity index (χ2v) is 6.14. The molecule has 0 amide bonds. The highest BCUT2D eigenvalue weighted by Gasteiger charge is 2.25. The van der Waals surface area contributed by atoms with Crippen molar-refractivity contribution in [2.24, 2.45) is 0 Å². The molecule has 0 aromatic carbocycles. The van der Waals surface area contributed by atoms with Gasteiger partial charge >= 0.3 is 0 Å². The minimum absolute atomic E-state index is 0.524. The van der Waals surface area contributed by atoms with Gasteiger partial charge in [-0.25, -0.2) is 14.6 Å². The minimum Gasteiger partial charge on any atom is -0.334 e. The van der Waals surface area contributed by atoms with E-state index in [4.69, 9.17) is 0 Å². The topological polar surface area (TPSA) is 51.8 Å². The van der Waals surface area contributed by atoms with Gasteiger partial charge in [-0.3, -0.25) is 4.90 Å². The molecule has 1 atom stereocenters. The monoisotopic (exact) mass is 302 g/mol. The van der Waals surface area contributed by atoms with Crippen LogP contribution < -0.4 is 0 Å². The lowest BCUT2D eigenvalue weighted by Crippen LogP contribution is -2.42. The zero-order valence-corrected chi connectivity index (χ0v) is 13.9. The van der Waals surface area contributed by atoms with Crippen LogP contribution in [0.15, 0.2) is 12.4 Å². The van der Waals surface area contributed by atoms with Gasteiger partial charge in [0, 0.05) is 25.0 Å². The number of nitrogens with zero attached hydrogens (tertiary/aromatic N) is 6. The van der Waals surface area contributed by atoms with Crippen molar-refractivity contribution >= 4 is 0 Å². The number of imidazole rings is 1. The predicted octanol–water partition coefficient (Wildman–Crippen LogP) is 2.17. The Bertz CT molecular complexity index is 614. The Morgan fingerprint density at radius 1 is 1.27 bits per heavy atom. The van der Waals surface area contributed by atoms with Crippen LogP contribution in [0.25, 0.3) is 0 Å². The summed E-state index contributed by atoms with van der Waals surface area (Å²) in [4.78, 5) is 11.5. The molecule has 0 N–H and O–H groups in total. The lowest BCUT2D eigenvalue weighted by Gasteiger charge is -2.35. The second kappa shape index (κ2) is 6.60. The lowest BCUT2D eigenvalue weighted by molar-refractivity contribution is 0.116. The van der Waals surface area contributed by atoms with E-state index >= 15 is 0 Å². The number of likely N-dealkylation sites (tertiary alicyclic amines) is 1. The predicted molar refractivity (Wildman–Crippen MR) is 85.4 cm³/mol. The SMILES string of the molecule is CCn1ccnc1CN1CCCCC1Cn1nc(C)nc1C. The molecule has 22 heavy (non-hydrogen) atoms. The summed E-state index contributed by atoms with van der Waals surface area (Å²) in [5.74, 6) is 3.04. The van der Waals surface area contributed by atoms with Gasteiger partial charge in [0.05, 0.1) is 13.1 Å². The van der Waals surface area contributed by atoms with Gasteiger partial charge in [0.2, 0.25) is 0 Å². The molecule has 2 aromatic heterocycles. The van der Waals surface area contributed by atoms with Crippen molar-refractivity contribution in [3.8, 4) is 0 Å². The number of hydrogen-bond donors (Lipinski definition) is 0. The molecule has 1 saturated heterocycles. The van der Waals surface area contributed by atoms with E-state index < -0.39 is 0 Å². The standard InChI is InChI=1S/C16H26N6/c1-4-20-10-8-17-16(20)12-21-9-6-5-7-15(21)11-22-14(3)18-13(2)19-22/h8,10,15H,4-7,9,11-12H2,1-3H3. The second-order valence-electron chi connectivity index (χ2n) is 6.14. The third-order valence-corrected chi connectivity index (χ3v) is 4.58. The number of aromatic nitrogens is 5. The van der Waals surface area contributed by atoms with E-state index in [-0.39, 0.29) is 0 Å². The first kappa shape index (κ1) is 15.2. The van der Waals surface area contributed by atoms with Gasteiger partial charge in [0.1, 0.15) is 17.5 Å². The molecule has 3 rings (SSSR count). The molecular weight excluding hydrogens is 276 g/mol. The molecule has 0 aliphatic carbocycles. The van der Waals surface area contributed by atoms with E-state index in [0.717, 1.165) is 37.8 Å². The Kier molecular flexibility index (Phi) is 4.57. The first-order valence-electron chi connectivity index (χ1n) is 8.29. The van der Waals surface area contributed by atoms with Crippen LogP contribution in [0.2, 0.25) is 0 Å². The van der Waals surface area contributed by atoms with E-state index in [1.54, 1.807) is 0 Å². The molecular formula is C16H26N6. The minimum atomic E-state index is 0.524. The van der Waals surface area contributed by atoms with Gasteiger partial charge in [-0.2, -0.15) is 5.10 Å². The summed E-state index contributed by atoms with van der Waals surface area (Å²) in [5, 5.41) is 4.53. The highest BCUT2D eigenvalue weighted by atomic mass is 15.4. The summed E-state index contributed by atoms with van der Waals surface area (Å²) >= 11 is 0. The highest BCUT2D eigenvalue weighted by Crippen LogP contribution is 2.21. The summed E-state index contributed by atoms with van der Waals surface area (Å²) < 4.78 is 4.29. The van der Waals surface area contributed by atoms with Crippen LogP contribution in [0.1, 0.15) is 43.7 Å². The molecule has 1 aliphatic rings. The molecule has 3 heterocycles. The quantitative estimate of drug-likeness (QED) is 0.849. The lowest BCUT2D eigenvalue weighted by atomic mass is 10.0. The molecule has 6 heteroatoms. The Balaban J connectivity index is 1.72. The van der Waals surface area contributed by atoms with Crippen LogP contribution >= 0.6 is 0 Å². The Morgan fingerprint density at radius 2 is 2.14 bits per heavy atom. The van der Waals surface area contributed by atoms with E-state index in [2.05, 4.69) is 42.3 Å². The molecule has 6 nitrogen and oxygen atoms in total. The fraction of sp³-hybridized carbons (Fsp3) is 0.688. The van der Waals surface area contributed by atoms with Gasteiger partial charge in [0.15, 0.2) is 0 Å². The summed E-state index contributed by atoms with van der Waals surface area (Å²) in [5.41, 5.74) is 0. The van der Waals surface area contributed by atoms with Crippen molar-refractivity contribution in [1.29, 1.82) is 0 Å². The van der Waals surface area contributed by atoms with Gasteiger partial charge in [-0.15, -0.1) is 0 Å². The van der Waals surface area contributed by atoms with E-state index in [9.17, 15) is 0 Å². The van der Waals surface area contributed by atoms with E-state index in [0.29, 0.717) is 6.04 Å². The average Bonchev–Trinajstić information content (AvgIpc) is 3.07. The van der Waals surface area contributed by atoms with Gasteiger partial charge in [-0.1, -0.05) is 6.42 Å². The zero-order valence-electron chi connectivity index (χ0n) is 13.9. The Labute approximate surface area is 132 Å². The first-order chi connectivity index (χ1) is 10.7. The van der Waals surface area contributed by atoms with Crippen LogP contribution in [0, 0.1) is 13.8 Å². The fourth-order valence-corrected chi connectivity index (χ4v) is 3.37. The molecule has 1 aliphatic heterocycles. The summed E-state index contributed by atoms with van der Waals surface area (Å²) in [7, 11) is 0. The number of piperidine rings is 1. The van der Waals surface area contributed by atoms with Crippen LogP contribution in [-0.4, -0.2) is 41.8 Å². The largest absolute Gasteiger partial charge is 0.334 e. The molecule has 0 saturated carbocycles. The molecule has 2 aromatic rings. The summed E-state index contributed by atoms with van der Waals surface area (Å²) in [6.07, 6.45) is 7.78. The molecule has 0 spiro atoms. The van der Waals surface area contributed by atoms with Gasteiger partial charge in [-0.05, 0) is 40.2 Å². The van der Waals surface area contributed by atoms with Gasteiger partial charge < -0.3 is 4.57 Å². The zero-order chi connectivity index (χ0) is 15.5. The maximum absolute atomic E-state index is 4.53. The van der Waals surface area contributed by atoms with Crippen LogP contribution in [0.4, 0.5) is 0 Å². The Morgan fingerprint density at radius 3 is 2.86 bits per heavy atom. The maximum Gasteiger partial charge on any atom is 0.147 e. The van der Waals surface area contributed by atoms with Crippen LogP contribution in [0.5, 0.6) is 0 Å². The van der Waals surface area contributed by atoms with Crippen molar-refractivity contribution in [1.82, 2.24) is 29.2 Å². The summed E-state index contributed by atoms with van der Waals surface area (Å²) in [6, 6.07) is 0.524. The Hall–Kier alpha value is -1.69. The normalized spacial score (nSPS) is 19.7. The molecule has 0 radical (unpaired) electrons. The highest BCUT2D eigenvalue weighted by molar-refractivity contribution is 4.95. The summed E-state index contributed by atoms with van der Waals surface area (Å²) in [6.45, 7) is 10.2. The number of hydrogen-bond acceptors (Lipinski definition) is 4. The van der Waals surface area contributed by atoms with E-state index in [1.165, 1.54) is 25.1 Å². The molecule has 120 valence electrons. The smallest absolute Gasteiger partial charge is 0.147 e. The van der Waals surface area contributed by atoms with Crippen molar-refractivity contribution in [2.75, 3.05) is 6.54 Å². The maximum atomic E-state index is 4.53. The third kappa shape index (κ3) is 3.21. The van der Waals surface area contributed by atoms with E-state index in [1.807, 2.05) is 20.0 Å². The van der Waals surface area contributed by atoms with Crippen LogP contribution in [0.3, 0.4) is 0 Å². The van der Waals surface area contributed by atoms with Crippen molar-refractivity contribution < 1.29 is 0 Å². The van der Waals surface area contributed by atoms with Crippen LogP contribution in [-0.2, 0) is 19.6 Å². The first-order valence-corrected chi connectivity index (χ1v) is 8.29. The molecule has 0 bridgehead atoms. The van der Waals surface area contributed by atoms with Gasteiger partial charge in [0.25, 0.3) is 0 Å². The third-order valence-electron chi connectivity index (χ3n) is 4.58. The molecule has 1 fully saturated rings. The fourth-order valence-electron chi connectivity index (χ4n) is 3.37. The molecule has 1 unspecified atom stereocenters. The number of rotatable bonds is 5. The number of aryl methyl sites for hydroxylation is 3.